The van der Waals surface area contributed by atoms with Crippen LogP contribution >= 0.6 is 8.53 Å². The second-order valence-electron chi connectivity index (χ2n) is 12.6. The Morgan fingerprint density at radius 1 is 1.09 bits per heavy atom. The van der Waals surface area contributed by atoms with Crippen molar-refractivity contribution in [1.82, 2.24) is 24.2 Å². The largest absolute Gasteiger partial charge is 0.476 e. The maximum absolute atomic E-state index is 8.43. The summed E-state index contributed by atoms with van der Waals surface area (Å²) in [4.78, 5) is 17.0. The van der Waals surface area contributed by atoms with Gasteiger partial charge in [0.05, 0.1) is 25.6 Å². The first kappa shape index (κ1) is 32.9. The Bertz CT molecular complexity index is 1380. The molecule has 240 valence electrons. The van der Waals surface area contributed by atoms with E-state index in [-0.39, 0.29) is 32.1 Å². The molecule has 1 aromatic carbocycles. The number of aromatic nitrogens is 4. The van der Waals surface area contributed by atoms with E-state index < -0.39 is 41.1 Å². The molecule has 3 aromatic rings. The summed E-state index contributed by atoms with van der Waals surface area (Å²) >= 11 is 0. The summed E-state index contributed by atoms with van der Waals surface area (Å²) in [6.07, 6.45) is 0.583. The Morgan fingerprint density at radius 3 is 2.50 bits per heavy atom. The number of nitrogens with zero attached hydrogens (tertiary/aromatic N) is 6. The molecule has 1 aliphatic heterocycles. The fraction of sp³-hybridized carbons (Fsp3) is 0.613. The van der Waals surface area contributed by atoms with Crippen molar-refractivity contribution in [3.8, 4) is 5.88 Å². The molecule has 1 saturated heterocycles. The molecule has 1 unspecified atom stereocenters. The van der Waals surface area contributed by atoms with E-state index in [1.807, 2.05) is 34.9 Å². The van der Waals surface area contributed by atoms with Crippen molar-refractivity contribution in [2.75, 3.05) is 19.8 Å². The molecule has 0 saturated carbocycles. The van der Waals surface area contributed by atoms with Gasteiger partial charge in [-0.2, -0.15) is 4.98 Å². The van der Waals surface area contributed by atoms with Crippen molar-refractivity contribution in [2.45, 2.75) is 104 Å². The van der Waals surface area contributed by atoms with Gasteiger partial charge in [0, 0.05) is 21.5 Å². The van der Waals surface area contributed by atoms with Gasteiger partial charge in [0.1, 0.15) is 25.1 Å². The minimum Gasteiger partial charge on any atom is -0.476 e. The van der Waals surface area contributed by atoms with E-state index in [0.717, 1.165) is 11.6 Å². The van der Waals surface area contributed by atoms with Crippen LogP contribution in [0.2, 0.25) is 25.7 Å². The smallest absolute Gasteiger partial charge is 0.259 e. The zero-order valence-corrected chi connectivity index (χ0v) is 28.8. The average molecular weight is 644 g/mol. The maximum Gasteiger partial charge on any atom is 0.259 e. The Balaban J connectivity index is 1.69. The number of benzene rings is 1. The molecule has 13 heteroatoms. The van der Waals surface area contributed by atoms with Gasteiger partial charge < -0.3 is 28.1 Å². The summed E-state index contributed by atoms with van der Waals surface area (Å²) in [6.45, 7) is 23.8. The van der Waals surface area contributed by atoms with Crippen LogP contribution in [-0.4, -0.2) is 82.4 Å². The van der Waals surface area contributed by atoms with Crippen molar-refractivity contribution < 1.29 is 24.6 Å². The number of imidazole rings is 1. The first-order chi connectivity index (χ1) is 21.5. The van der Waals surface area contributed by atoms with Crippen LogP contribution in [0.25, 0.3) is 16.0 Å². The van der Waals surface area contributed by atoms with Crippen LogP contribution in [0.15, 0.2) is 43.0 Å². The molecule has 3 heterocycles. The molecule has 4 rings (SSSR count). The molecule has 5 atom stereocenters. The van der Waals surface area contributed by atoms with Crippen molar-refractivity contribution >= 4 is 27.8 Å². The molecule has 44 heavy (non-hydrogen) atoms. The van der Waals surface area contributed by atoms with Crippen LogP contribution in [0.5, 0.6) is 5.88 Å². The van der Waals surface area contributed by atoms with E-state index in [2.05, 4.69) is 71.8 Å². The molecule has 0 amide bonds. The number of hydrogen-bond acceptors (Lipinski definition) is 9. The van der Waals surface area contributed by atoms with Crippen LogP contribution < -0.4 is 4.74 Å². The number of rotatable bonds is 16. The topological polar surface area (TPSA) is 97.4 Å². The van der Waals surface area contributed by atoms with E-state index in [1.54, 1.807) is 6.33 Å². The predicted octanol–water partition coefficient (Wildman–Crippen LogP) is 6.71. The molecule has 2 aromatic heterocycles. The highest BCUT2D eigenvalue weighted by Gasteiger charge is 2.48. The standard InChI is InChI=1S/C31H47N6O5PSi/c1-22(2)37(23(3)4)43(40-16-15-32-6)42-27-24(5)41-31(28(27)39-19-25-13-11-10-12-14-25)36-21-35-26-29(36)33-20-34-30(26)38-17-18-44(7,8)9/h10-14,20-24,27-28,31H,15-19H2,1-5,7-9H3/t24-,27-,28+,31-,43?/m1/s1/i5D. The fourth-order valence-electron chi connectivity index (χ4n) is 4.97. The predicted molar refractivity (Wildman–Crippen MR) is 175 cm³/mol. The minimum absolute atomic E-state index is 0.0480. The van der Waals surface area contributed by atoms with Gasteiger partial charge in [0.2, 0.25) is 12.4 Å². The lowest BCUT2D eigenvalue weighted by molar-refractivity contribution is -0.0713. The Kier molecular flexibility index (Phi) is 11.7. The molecule has 0 bridgehead atoms. The van der Waals surface area contributed by atoms with Crippen molar-refractivity contribution in [3.05, 3.63) is 60.0 Å². The molecule has 0 aliphatic carbocycles. The van der Waals surface area contributed by atoms with Gasteiger partial charge >= 0.3 is 0 Å². The molecule has 0 spiro atoms. The van der Waals surface area contributed by atoms with Gasteiger partial charge in [0.15, 0.2) is 17.4 Å². The van der Waals surface area contributed by atoms with Crippen LogP contribution in [0.1, 0.15) is 47.8 Å². The van der Waals surface area contributed by atoms with Crippen molar-refractivity contribution in [2.24, 2.45) is 0 Å². The van der Waals surface area contributed by atoms with Gasteiger partial charge in [-0.25, -0.2) is 21.2 Å². The molecular weight excluding hydrogens is 595 g/mol. The van der Waals surface area contributed by atoms with E-state index in [0.29, 0.717) is 30.3 Å². The first-order valence-electron chi connectivity index (χ1n) is 15.9. The highest BCUT2D eigenvalue weighted by molar-refractivity contribution is 7.44. The van der Waals surface area contributed by atoms with Crippen LogP contribution in [0.3, 0.4) is 0 Å². The maximum atomic E-state index is 8.43. The molecule has 1 aliphatic rings. The van der Waals surface area contributed by atoms with Crippen LogP contribution in [0.4, 0.5) is 0 Å². The summed E-state index contributed by atoms with van der Waals surface area (Å²) in [6, 6.07) is 11.2. The Hall–Kier alpha value is -2.49. The van der Waals surface area contributed by atoms with E-state index >= 15 is 0 Å². The van der Waals surface area contributed by atoms with Gasteiger partial charge in [-0.15, -0.1) is 0 Å². The molecule has 1 fully saturated rings. The highest BCUT2D eigenvalue weighted by atomic mass is 31.2. The summed E-state index contributed by atoms with van der Waals surface area (Å²) in [7, 11) is -2.90. The SMILES string of the molecule is [2H]C[C@H]1O[C@@H](n2cnc3c(OCC[Si](C)(C)C)ncnc32)[C@@H](OCc2ccccc2)[C@@H]1OP(OCC[N+]#[C-])N(C(C)C)C(C)C. The fourth-order valence-corrected chi connectivity index (χ4v) is 7.45. The lowest BCUT2D eigenvalue weighted by Crippen LogP contribution is -2.39. The van der Waals surface area contributed by atoms with E-state index in [4.69, 9.17) is 31.2 Å². The van der Waals surface area contributed by atoms with E-state index in [9.17, 15) is 0 Å². The van der Waals surface area contributed by atoms with Crippen LogP contribution in [0, 0.1) is 6.57 Å². The summed E-state index contributed by atoms with van der Waals surface area (Å²) in [5, 5.41) is 0. The normalized spacial score (nSPS) is 21.7. The lowest BCUT2D eigenvalue weighted by atomic mass is 10.1. The zero-order chi connectivity index (χ0) is 32.6. The third kappa shape index (κ3) is 8.82. The number of fused-ring (bicyclic) bond motifs is 1. The summed E-state index contributed by atoms with van der Waals surface area (Å²) in [5.41, 5.74) is 2.10. The van der Waals surface area contributed by atoms with E-state index in [1.165, 1.54) is 6.33 Å². The minimum atomic E-state index is -1.60. The molecule has 0 radical (unpaired) electrons. The third-order valence-electron chi connectivity index (χ3n) is 7.12. The first-order valence-corrected chi connectivity index (χ1v) is 20.0. The monoisotopic (exact) mass is 643 g/mol. The van der Waals surface area contributed by atoms with Gasteiger partial charge in [-0.05, 0) is 46.2 Å². The quantitative estimate of drug-likeness (QED) is 0.0730. The Morgan fingerprint density at radius 2 is 1.84 bits per heavy atom. The molecular formula is C31H47N6O5PSi. The van der Waals surface area contributed by atoms with Gasteiger partial charge in [-0.1, -0.05) is 50.0 Å². The molecule has 11 nitrogen and oxygen atoms in total. The Labute approximate surface area is 265 Å². The third-order valence-corrected chi connectivity index (χ3v) is 11.0. The lowest BCUT2D eigenvalue weighted by Gasteiger charge is -2.37. The summed E-state index contributed by atoms with van der Waals surface area (Å²) in [5.74, 6) is 0.433. The number of hydrogen-bond donors (Lipinski definition) is 0. The van der Waals surface area contributed by atoms with Crippen molar-refractivity contribution in [1.29, 1.82) is 0 Å². The van der Waals surface area contributed by atoms with Crippen molar-refractivity contribution in [3.63, 3.8) is 0 Å². The summed E-state index contributed by atoms with van der Waals surface area (Å²) < 4.78 is 44.7. The van der Waals surface area contributed by atoms with Crippen LogP contribution in [-0.2, 0) is 25.1 Å². The number of ether oxygens (including phenoxy) is 3. The second kappa shape index (κ2) is 15.7. The molecule has 0 N–H and O–H groups in total. The average Bonchev–Trinajstić information content (AvgIpc) is 3.57. The zero-order valence-electron chi connectivity index (χ0n) is 27.9. The van der Waals surface area contributed by atoms with Gasteiger partial charge in [0.25, 0.3) is 8.53 Å². The second-order valence-corrected chi connectivity index (χ2v) is 19.6. The van der Waals surface area contributed by atoms with Gasteiger partial charge in [-0.3, -0.25) is 4.57 Å². The highest BCUT2D eigenvalue weighted by Crippen LogP contribution is 2.50.